The van der Waals surface area contributed by atoms with Crippen molar-refractivity contribution >= 4 is 6.03 Å². The van der Waals surface area contributed by atoms with E-state index in [4.69, 9.17) is 0 Å². The highest BCUT2D eigenvalue weighted by atomic mass is 16.3. The molecule has 2 N–H and O–H groups in total. The number of rotatable bonds is 7. The van der Waals surface area contributed by atoms with E-state index in [0.29, 0.717) is 19.1 Å². The smallest absolute Gasteiger partial charge is 0.317 e. The maximum absolute atomic E-state index is 12.8. The minimum Gasteiger partial charge on any atom is -0.392 e. The van der Waals surface area contributed by atoms with Crippen LogP contribution in [0.1, 0.15) is 50.5 Å². The molecule has 1 heterocycles. The molecule has 26 heavy (non-hydrogen) atoms. The fraction of sp³-hybridized carbons (Fsp3) is 0.667. The van der Waals surface area contributed by atoms with Crippen molar-refractivity contribution in [3.63, 3.8) is 0 Å². The van der Waals surface area contributed by atoms with E-state index in [9.17, 15) is 9.90 Å². The SMILES string of the molecule is O=C(NCCCN1CCC[C@@H](O)C1)N(Cc1ccccc1)C1CCCC1. The Morgan fingerprint density at radius 3 is 2.65 bits per heavy atom. The van der Waals surface area contributed by atoms with Crippen LogP contribution in [0.3, 0.4) is 0 Å². The molecule has 3 rings (SSSR count). The van der Waals surface area contributed by atoms with E-state index < -0.39 is 0 Å². The number of aliphatic hydroxyl groups is 1. The van der Waals surface area contributed by atoms with Gasteiger partial charge >= 0.3 is 6.03 Å². The zero-order chi connectivity index (χ0) is 18.2. The highest BCUT2D eigenvalue weighted by Crippen LogP contribution is 2.25. The standard InChI is InChI=1S/C21H33N3O2/c25-20-12-6-14-23(17-20)15-7-13-22-21(26)24(19-10-4-5-11-19)16-18-8-2-1-3-9-18/h1-3,8-9,19-20,25H,4-7,10-17H2,(H,22,26)/t20-/m1/s1. The van der Waals surface area contributed by atoms with Crippen molar-refractivity contribution in [2.45, 2.75) is 63.6 Å². The van der Waals surface area contributed by atoms with Crippen LogP contribution in [-0.2, 0) is 6.54 Å². The van der Waals surface area contributed by atoms with Gasteiger partial charge in [-0.3, -0.25) is 0 Å². The Hall–Kier alpha value is -1.59. The lowest BCUT2D eigenvalue weighted by molar-refractivity contribution is 0.0701. The third kappa shape index (κ3) is 5.71. The lowest BCUT2D eigenvalue weighted by Crippen LogP contribution is -2.45. The number of carbonyl (C=O) groups excluding carboxylic acids is 1. The number of hydrogen-bond acceptors (Lipinski definition) is 3. The van der Waals surface area contributed by atoms with Gasteiger partial charge in [0.2, 0.25) is 0 Å². The Morgan fingerprint density at radius 2 is 1.92 bits per heavy atom. The molecule has 2 aliphatic rings. The molecule has 2 amide bonds. The quantitative estimate of drug-likeness (QED) is 0.736. The lowest BCUT2D eigenvalue weighted by Gasteiger charge is -2.31. The normalized spacial score (nSPS) is 21.7. The summed E-state index contributed by atoms with van der Waals surface area (Å²) in [6.07, 6.45) is 7.42. The fourth-order valence-corrected chi connectivity index (χ4v) is 4.20. The van der Waals surface area contributed by atoms with Gasteiger partial charge in [-0.15, -0.1) is 0 Å². The van der Waals surface area contributed by atoms with Crippen molar-refractivity contribution in [2.75, 3.05) is 26.2 Å². The second-order valence-electron chi connectivity index (χ2n) is 7.73. The Kier molecular flexibility index (Phi) is 7.32. The van der Waals surface area contributed by atoms with Gasteiger partial charge in [0, 0.05) is 25.7 Å². The first-order chi connectivity index (χ1) is 12.7. The molecular weight excluding hydrogens is 326 g/mol. The third-order valence-electron chi connectivity index (χ3n) is 5.63. The predicted molar refractivity (Wildman–Crippen MR) is 104 cm³/mol. The average molecular weight is 360 g/mol. The molecule has 0 spiro atoms. The van der Waals surface area contributed by atoms with Crippen LogP contribution in [0.25, 0.3) is 0 Å². The Labute approximate surface area is 157 Å². The molecule has 5 heteroatoms. The van der Waals surface area contributed by atoms with E-state index in [1.807, 2.05) is 23.1 Å². The zero-order valence-corrected chi connectivity index (χ0v) is 15.8. The van der Waals surface area contributed by atoms with Gasteiger partial charge in [-0.25, -0.2) is 4.79 Å². The lowest BCUT2D eigenvalue weighted by atomic mass is 10.1. The molecule has 1 aliphatic heterocycles. The van der Waals surface area contributed by atoms with Gasteiger partial charge in [0.25, 0.3) is 0 Å². The molecule has 0 radical (unpaired) electrons. The van der Waals surface area contributed by atoms with Crippen molar-refractivity contribution in [1.29, 1.82) is 0 Å². The molecule has 5 nitrogen and oxygen atoms in total. The second-order valence-corrected chi connectivity index (χ2v) is 7.73. The Morgan fingerprint density at radius 1 is 1.15 bits per heavy atom. The molecule has 1 saturated carbocycles. The molecule has 144 valence electrons. The van der Waals surface area contributed by atoms with Gasteiger partial charge in [0.15, 0.2) is 0 Å². The van der Waals surface area contributed by atoms with E-state index in [-0.39, 0.29) is 12.1 Å². The highest BCUT2D eigenvalue weighted by Gasteiger charge is 2.26. The number of likely N-dealkylation sites (tertiary alicyclic amines) is 1. The summed E-state index contributed by atoms with van der Waals surface area (Å²) < 4.78 is 0. The first kappa shape index (κ1) is 19.2. The summed E-state index contributed by atoms with van der Waals surface area (Å²) in [6, 6.07) is 10.7. The summed E-state index contributed by atoms with van der Waals surface area (Å²) in [6.45, 7) is 4.17. The number of nitrogens with one attached hydrogen (secondary N) is 1. The van der Waals surface area contributed by atoms with Crippen molar-refractivity contribution in [3.05, 3.63) is 35.9 Å². The summed E-state index contributed by atoms with van der Waals surface area (Å²) in [5, 5.41) is 12.9. The van der Waals surface area contributed by atoms with Crippen LogP contribution in [-0.4, -0.2) is 59.3 Å². The molecule has 0 unspecified atom stereocenters. The number of benzene rings is 1. The number of urea groups is 1. The van der Waals surface area contributed by atoms with E-state index in [0.717, 1.165) is 51.7 Å². The molecule has 1 aliphatic carbocycles. The van der Waals surface area contributed by atoms with Gasteiger partial charge in [-0.2, -0.15) is 0 Å². The summed E-state index contributed by atoms with van der Waals surface area (Å²) in [5.41, 5.74) is 1.19. The van der Waals surface area contributed by atoms with Gasteiger partial charge in [0.1, 0.15) is 0 Å². The van der Waals surface area contributed by atoms with Crippen LogP contribution in [0.4, 0.5) is 4.79 Å². The summed E-state index contributed by atoms with van der Waals surface area (Å²) >= 11 is 0. The number of carbonyl (C=O) groups is 1. The fourth-order valence-electron chi connectivity index (χ4n) is 4.20. The van der Waals surface area contributed by atoms with E-state index in [1.165, 1.54) is 18.4 Å². The van der Waals surface area contributed by atoms with E-state index in [1.54, 1.807) is 0 Å². The minimum absolute atomic E-state index is 0.0689. The van der Waals surface area contributed by atoms with Crippen molar-refractivity contribution < 1.29 is 9.90 Å². The molecule has 1 aromatic rings. The second kappa shape index (κ2) is 9.93. The zero-order valence-electron chi connectivity index (χ0n) is 15.8. The van der Waals surface area contributed by atoms with Crippen LogP contribution in [0.5, 0.6) is 0 Å². The van der Waals surface area contributed by atoms with Crippen LogP contribution >= 0.6 is 0 Å². The maximum Gasteiger partial charge on any atom is 0.317 e. The summed E-state index contributed by atoms with van der Waals surface area (Å²) in [5.74, 6) is 0. The predicted octanol–water partition coefficient (Wildman–Crippen LogP) is 2.99. The molecule has 0 aromatic heterocycles. The summed E-state index contributed by atoms with van der Waals surface area (Å²) in [7, 11) is 0. The van der Waals surface area contributed by atoms with Crippen LogP contribution < -0.4 is 5.32 Å². The van der Waals surface area contributed by atoms with E-state index in [2.05, 4.69) is 22.3 Å². The maximum atomic E-state index is 12.8. The Balaban J connectivity index is 1.46. The molecule has 1 atom stereocenters. The number of aliphatic hydroxyl groups excluding tert-OH is 1. The minimum atomic E-state index is -0.179. The van der Waals surface area contributed by atoms with Crippen LogP contribution in [0.15, 0.2) is 30.3 Å². The van der Waals surface area contributed by atoms with Gasteiger partial charge in [-0.1, -0.05) is 43.2 Å². The summed E-state index contributed by atoms with van der Waals surface area (Å²) in [4.78, 5) is 17.1. The number of amides is 2. The van der Waals surface area contributed by atoms with Crippen molar-refractivity contribution in [1.82, 2.24) is 15.1 Å². The number of β-amino-alcohol motifs (C(OH)–C–C–N with tert-alkyl or cyclic N) is 1. The first-order valence-corrected chi connectivity index (χ1v) is 10.2. The van der Waals surface area contributed by atoms with Crippen LogP contribution in [0.2, 0.25) is 0 Å². The number of nitrogens with zero attached hydrogens (tertiary/aromatic N) is 2. The largest absolute Gasteiger partial charge is 0.392 e. The monoisotopic (exact) mass is 359 g/mol. The van der Waals surface area contributed by atoms with Crippen LogP contribution in [0, 0.1) is 0 Å². The molecule has 1 aromatic carbocycles. The molecule has 0 bridgehead atoms. The van der Waals surface area contributed by atoms with Gasteiger partial charge in [-0.05, 0) is 50.8 Å². The molecular formula is C21H33N3O2. The molecule has 1 saturated heterocycles. The number of hydrogen-bond donors (Lipinski definition) is 2. The highest BCUT2D eigenvalue weighted by molar-refractivity contribution is 5.74. The third-order valence-corrected chi connectivity index (χ3v) is 5.63. The molecule has 2 fully saturated rings. The van der Waals surface area contributed by atoms with E-state index >= 15 is 0 Å². The Bertz CT molecular complexity index is 545. The first-order valence-electron chi connectivity index (χ1n) is 10.2. The average Bonchev–Trinajstić information content (AvgIpc) is 3.18. The van der Waals surface area contributed by atoms with Gasteiger partial charge < -0.3 is 20.2 Å². The topological polar surface area (TPSA) is 55.8 Å². The van der Waals surface area contributed by atoms with Crippen molar-refractivity contribution in [3.8, 4) is 0 Å². The van der Waals surface area contributed by atoms with Crippen molar-refractivity contribution in [2.24, 2.45) is 0 Å². The number of piperidine rings is 1. The van der Waals surface area contributed by atoms with Gasteiger partial charge in [0.05, 0.1) is 6.10 Å².